The van der Waals surface area contributed by atoms with Gasteiger partial charge < -0.3 is 10.8 Å². The molecule has 6 nitrogen and oxygen atoms in total. The number of rotatable bonds is 5. The van der Waals surface area contributed by atoms with Crippen molar-refractivity contribution in [3.63, 3.8) is 0 Å². The number of aliphatic carboxylic acids is 1. The summed E-state index contributed by atoms with van der Waals surface area (Å²) in [5.41, 5.74) is 5.73. The second-order valence-electron chi connectivity index (χ2n) is 4.08. The van der Waals surface area contributed by atoms with Crippen LogP contribution < -0.4 is 5.73 Å². The number of carboxylic acids is 1. The lowest BCUT2D eigenvalue weighted by Crippen LogP contribution is -2.40. The molecule has 0 aromatic heterocycles. The highest BCUT2D eigenvalue weighted by molar-refractivity contribution is 7.89. The Labute approximate surface area is 106 Å². The maximum absolute atomic E-state index is 12.3. The van der Waals surface area contributed by atoms with Crippen LogP contribution in [0.4, 0.5) is 5.69 Å². The first-order valence-corrected chi connectivity index (χ1v) is 6.79. The third-order valence-corrected chi connectivity index (χ3v) is 4.47. The predicted molar refractivity (Wildman–Crippen MR) is 67.5 cm³/mol. The Hall–Kier alpha value is -1.60. The van der Waals surface area contributed by atoms with Crippen LogP contribution in [0.2, 0.25) is 0 Å². The average molecular weight is 272 g/mol. The molecule has 18 heavy (non-hydrogen) atoms. The standard InChI is InChI=1S/C11H16N2O4S/c1-8(2)13(7-11(14)15)18(16,17)10-6-4-3-5-9(10)12/h3-6,8H,7,12H2,1-2H3,(H,14,15). The summed E-state index contributed by atoms with van der Waals surface area (Å²) in [5, 5.41) is 8.77. The normalized spacial score (nSPS) is 12.0. The molecule has 0 aliphatic heterocycles. The number of anilines is 1. The van der Waals surface area contributed by atoms with Crippen LogP contribution in [-0.2, 0) is 14.8 Å². The van der Waals surface area contributed by atoms with E-state index in [1.165, 1.54) is 12.1 Å². The molecular formula is C11H16N2O4S. The van der Waals surface area contributed by atoms with Gasteiger partial charge in [-0.2, -0.15) is 4.31 Å². The highest BCUT2D eigenvalue weighted by Gasteiger charge is 2.30. The van der Waals surface area contributed by atoms with Crippen LogP contribution >= 0.6 is 0 Å². The van der Waals surface area contributed by atoms with Gasteiger partial charge in [0.2, 0.25) is 10.0 Å². The van der Waals surface area contributed by atoms with Gasteiger partial charge in [0.25, 0.3) is 0 Å². The number of nitrogen functional groups attached to an aromatic ring is 1. The number of para-hydroxylation sites is 1. The summed E-state index contributed by atoms with van der Waals surface area (Å²) in [4.78, 5) is 10.7. The van der Waals surface area contributed by atoms with E-state index in [0.717, 1.165) is 4.31 Å². The molecule has 0 amide bonds. The monoisotopic (exact) mass is 272 g/mol. The zero-order chi connectivity index (χ0) is 13.9. The molecule has 0 aliphatic rings. The van der Waals surface area contributed by atoms with Gasteiger partial charge in [0.15, 0.2) is 0 Å². The van der Waals surface area contributed by atoms with Gasteiger partial charge in [0, 0.05) is 6.04 Å². The van der Waals surface area contributed by atoms with Crippen LogP contribution in [0.15, 0.2) is 29.2 Å². The van der Waals surface area contributed by atoms with Crippen molar-refractivity contribution >= 4 is 21.7 Å². The first-order valence-electron chi connectivity index (χ1n) is 5.35. The first-order chi connectivity index (χ1) is 8.26. The molecule has 0 heterocycles. The smallest absolute Gasteiger partial charge is 0.318 e. The van der Waals surface area contributed by atoms with Crippen molar-refractivity contribution in [1.82, 2.24) is 4.31 Å². The molecule has 7 heteroatoms. The molecule has 0 spiro atoms. The fourth-order valence-electron chi connectivity index (χ4n) is 1.52. The maximum Gasteiger partial charge on any atom is 0.318 e. The van der Waals surface area contributed by atoms with Gasteiger partial charge in [-0.3, -0.25) is 4.79 Å². The van der Waals surface area contributed by atoms with Crippen molar-refractivity contribution in [2.45, 2.75) is 24.8 Å². The number of hydrogen-bond acceptors (Lipinski definition) is 4. The molecular weight excluding hydrogens is 256 g/mol. The van der Waals surface area contributed by atoms with Gasteiger partial charge in [0.1, 0.15) is 11.4 Å². The minimum atomic E-state index is -3.90. The molecule has 1 rings (SSSR count). The van der Waals surface area contributed by atoms with Gasteiger partial charge in [-0.15, -0.1) is 0 Å². The van der Waals surface area contributed by atoms with Crippen molar-refractivity contribution in [3.05, 3.63) is 24.3 Å². The Bertz CT molecular complexity index is 540. The summed E-state index contributed by atoms with van der Waals surface area (Å²) in [7, 11) is -3.90. The van der Waals surface area contributed by atoms with Crippen LogP contribution in [0.5, 0.6) is 0 Å². The lowest BCUT2D eigenvalue weighted by atomic mass is 10.3. The largest absolute Gasteiger partial charge is 0.480 e. The van der Waals surface area contributed by atoms with E-state index in [-0.39, 0.29) is 10.6 Å². The Balaban J connectivity index is 3.26. The zero-order valence-corrected chi connectivity index (χ0v) is 11.0. The van der Waals surface area contributed by atoms with Crippen molar-refractivity contribution in [3.8, 4) is 0 Å². The minimum absolute atomic E-state index is 0.0695. The van der Waals surface area contributed by atoms with E-state index >= 15 is 0 Å². The van der Waals surface area contributed by atoms with Crippen molar-refractivity contribution in [2.24, 2.45) is 0 Å². The molecule has 0 fully saturated rings. The van der Waals surface area contributed by atoms with Crippen LogP contribution in [-0.4, -0.2) is 36.4 Å². The summed E-state index contributed by atoms with van der Waals surface area (Å²) in [6.45, 7) is 2.63. The van der Waals surface area contributed by atoms with E-state index < -0.39 is 28.6 Å². The number of sulfonamides is 1. The number of carbonyl (C=O) groups is 1. The lowest BCUT2D eigenvalue weighted by molar-refractivity contribution is -0.137. The van der Waals surface area contributed by atoms with E-state index in [2.05, 4.69) is 0 Å². The Morgan fingerprint density at radius 3 is 2.39 bits per heavy atom. The molecule has 0 saturated carbocycles. The summed E-state index contributed by atoms with van der Waals surface area (Å²) < 4.78 is 25.5. The summed E-state index contributed by atoms with van der Waals surface area (Å²) >= 11 is 0. The molecule has 1 aromatic carbocycles. The molecule has 0 bridgehead atoms. The predicted octanol–water partition coefficient (Wildman–Crippen LogP) is 0.752. The quantitative estimate of drug-likeness (QED) is 0.770. The van der Waals surface area contributed by atoms with Gasteiger partial charge in [0.05, 0.1) is 5.69 Å². The topological polar surface area (TPSA) is 101 Å². The third kappa shape index (κ3) is 2.99. The van der Waals surface area contributed by atoms with E-state index in [4.69, 9.17) is 10.8 Å². The van der Waals surface area contributed by atoms with Gasteiger partial charge in [-0.1, -0.05) is 12.1 Å². The van der Waals surface area contributed by atoms with E-state index in [1.807, 2.05) is 0 Å². The Morgan fingerprint density at radius 2 is 1.94 bits per heavy atom. The van der Waals surface area contributed by atoms with Crippen LogP contribution in [0.25, 0.3) is 0 Å². The first kappa shape index (κ1) is 14.5. The number of hydrogen-bond donors (Lipinski definition) is 2. The lowest BCUT2D eigenvalue weighted by Gasteiger charge is -2.24. The number of carboxylic acid groups (broad SMARTS) is 1. The summed E-state index contributed by atoms with van der Waals surface area (Å²) in [6.07, 6.45) is 0. The maximum atomic E-state index is 12.3. The van der Waals surface area contributed by atoms with Gasteiger partial charge in [-0.05, 0) is 26.0 Å². The third-order valence-electron chi connectivity index (χ3n) is 2.37. The molecule has 0 radical (unpaired) electrons. The minimum Gasteiger partial charge on any atom is -0.480 e. The van der Waals surface area contributed by atoms with E-state index in [0.29, 0.717) is 0 Å². The van der Waals surface area contributed by atoms with Crippen molar-refractivity contribution in [2.75, 3.05) is 12.3 Å². The van der Waals surface area contributed by atoms with Crippen molar-refractivity contribution < 1.29 is 18.3 Å². The van der Waals surface area contributed by atoms with Crippen LogP contribution in [0, 0.1) is 0 Å². The summed E-state index contributed by atoms with van der Waals surface area (Å²) in [6, 6.07) is 5.52. The zero-order valence-electron chi connectivity index (χ0n) is 10.2. The van der Waals surface area contributed by atoms with E-state index in [1.54, 1.807) is 26.0 Å². The van der Waals surface area contributed by atoms with Crippen molar-refractivity contribution in [1.29, 1.82) is 0 Å². The fourth-order valence-corrected chi connectivity index (χ4v) is 3.22. The van der Waals surface area contributed by atoms with Crippen LogP contribution in [0.3, 0.4) is 0 Å². The summed E-state index contributed by atoms with van der Waals surface area (Å²) in [5.74, 6) is -1.21. The fraction of sp³-hybridized carbons (Fsp3) is 0.364. The average Bonchev–Trinajstić information content (AvgIpc) is 2.25. The SMILES string of the molecule is CC(C)N(CC(=O)O)S(=O)(=O)c1ccccc1N. The highest BCUT2D eigenvalue weighted by Crippen LogP contribution is 2.23. The molecule has 0 unspecified atom stereocenters. The number of nitrogens with zero attached hydrogens (tertiary/aromatic N) is 1. The van der Waals surface area contributed by atoms with Gasteiger partial charge >= 0.3 is 5.97 Å². The Morgan fingerprint density at radius 1 is 1.39 bits per heavy atom. The molecule has 100 valence electrons. The molecule has 0 saturated heterocycles. The molecule has 0 atom stereocenters. The number of benzene rings is 1. The molecule has 1 aromatic rings. The number of nitrogens with two attached hydrogens (primary N) is 1. The molecule has 0 aliphatic carbocycles. The second kappa shape index (κ2) is 5.36. The van der Waals surface area contributed by atoms with Gasteiger partial charge in [-0.25, -0.2) is 8.42 Å². The van der Waals surface area contributed by atoms with Crippen LogP contribution in [0.1, 0.15) is 13.8 Å². The second-order valence-corrected chi connectivity index (χ2v) is 5.93. The highest BCUT2D eigenvalue weighted by atomic mass is 32.2. The Kier molecular flexibility index (Phi) is 4.31. The van der Waals surface area contributed by atoms with E-state index in [9.17, 15) is 13.2 Å². The molecule has 3 N–H and O–H groups in total.